The van der Waals surface area contributed by atoms with Gasteiger partial charge in [-0.2, -0.15) is 5.10 Å². The van der Waals surface area contributed by atoms with Crippen molar-refractivity contribution >= 4 is 5.91 Å². The third kappa shape index (κ3) is 4.04. The maximum absolute atomic E-state index is 13.1. The van der Waals surface area contributed by atoms with Crippen LogP contribution in [0, 0.1) is 17.7 Å². The Bertz CT molecular complexity index is 823. The van der Waals surface area contributed by atoms with E-state index in [1.54, 1.807) is 23.0 Å². The molecule has 0 unspecified atom stereocenters. The highest BCUT2D eigenvalue weighted by molar-refractivity contribution is 5.76. The van der Waals surface area contributed by atoms with E-state index in [9.17, 15) is 14.3 Å². The zero-order valence-corrected chi connectivity index (χ0v) is 16.0. The number of aromatic nitrogens is 2. The van der Waals surface area contributed by atoms with Crippen LogP contribution in [0.5, 0.6) is 5.75 Å². The quantitative estimate of drug-likeness (QED) is 0.854. The Balaban J connectivity index is 1.32. The number of hydrogen-bond acceptors (Lipinski definition) is 4. The van der Waals surface area contributed by atoms with E-state index < -0.39 is 6.10 Å². The van der Waals surface area contributed by atoms with Gasteiger partial charge in [-0.05, 0) is 61.4 Å². The van der Waals surface area contributed by atoms with Gasteiger partial charge in [0.2, 0.25) is 5.91 Å². The summed E-state index contributed by atoms with van der Waals surface area (Å²) in [6.45, 7) is 1.42. The van der Waals surface area contributed by atoms with Crippen molar-refractivity contribution in [1.29, 1.82) is 0 Å². The fourth-order valence-corrected chi connectivity index (χ4v) is 4.45. The summed E-state index contributed by atoms with van der Waals surface area (Å²) in [7, 11) is 1.88. The van der Waals surface area contributed by atoms with Crippen LogP contribution in [0.4, 0.5) is 4.39 Å². The molecule has 6 nitrogen and oxygen atoms in total. The van der Waals surface area contributed by atoms with E-state index in [-0.39, 0.29) is 17.8 Å². The lowest BCUT2D eigenvalue weighted by atomic mass is 9.78. The van der Waals surface area contributed by atoms with Crippen LogP contribution in [-0.4, -0.2) is 51.0 Å². The van der Waals surface area contributed by atoms with E-state index in [1.165, 1.54) is 12.1 Å². The molecule has 1 aliphatic heterocycles. The lowest BCUT2D eigenvalue weighted by Gasteiger charge is -2.35. The van der Waals surface area contributed by atoms with Crippen LogP contribution in [0.3, 0.4) is 0 Å². The molecule has 28 heavy (non-hydrogen) atoms. The molecular formula is C21H26FN3O3. The Morgan fingerprint density at radius 1 is 1.21 bits per heavy atom. The number of carbonyl (C=O) groups excluding carboxylic acids is 1. The van der Waals surface area contributed by atoms with Crippen LogP contribution in [0.2, 0.25) is 0 Å². The summed E-state index contributed by atoms with van der Waals surface area (Å²) in [6, 6.07) is 7.80. The number of benzene rings is 1. The molecular weight excluding hydrogens is 361 g/mol. The van der Waals surface area contributed by atoms with Gasteiger partial charge in [0.15, 0.2) is 0 Å². The normalized spacial score (nSPS) is 26.9. The molecule has 7 heteroatoms. The largest absolute Gasteiger partial charge is 0.488 e. The molecule has 1 aromatic heterocycles. The topological polar surface area (TPSA) is 67.6 Å². The van der Waals surface area contributed by atoms with Gasteiger partial charge in [-0.1, -0.05) is 0 Å². The Morgan fingerprint density at radius 2 is 1.93 bits per heavy atom. The van der Waals surface area contributed by atoms with Crippen LogP contribution in [0.25, 0.3) is 0 Å². The summed E-state index contributed by atoms with van der Waals surface area (Å²) in [5.74, 6) is 1.04. The molecule has 150 valence electrons. The second-order valence-corrected chi connectivity index (χ2v) is 7.91. The molecule has 0 radical (unpaired) electrons. The predicted molar refractivity (Wildman–Crippen MR) is 101 cm³/mol. The highest BCUT2D eigenvalue weighted by Crippen LogP contribution is 2.38. The fraction of sp³-hybridized carbons (Fsp3) is 0.524. The summed E-state index contributed by atoms with van der Waals surface area (Å²) < 4.78 is 20.8. The van der Waals surface area contributed by atoms with Crippen molar-refractivity contribution in [1.82, 2.24) is 14.7 Å². The van der Waals surface area contributed by atoms with Crippen molar-refractivity contribution < 1.29 is 19.0 Å². The van der Waals surface area contributed by atoms with Crippen LogP contribution >= 0.6 is 0 Å². The summed E-state index contributed by atoms with van der Waals surface area (Å²) in [5, 5.41) is 14.6. The minimum Gasteiger partial charge on any atom is -0.488 e. The van der Waals surface area contributed by atoms with Crippen LogP contribution in [0.1, 0.15) is 25.0 Å². The van der Waals surface area contributed by atoms with Gasteiger partial charge in [-0.15, -0.1) is 0 Å². The van der Waals surface area contributed by atoms with Crippen LogP contribution in [0.15, 0.2) is 36.5 Å². The number of nitrogens with zero attached hydrogens (tertiary/aromatic N) is 3. The number of likely N-dealkylation sites (tertiary alicyclic amines) is 1. The van der Waals surface area contributed by atoms with E-state index in [0.29, 0.717) is 56.4 Å². The molecule has 1 saturated carbocycles. The maximum Gasteiger partial charge on any atom is 0.222 e. The van der Waals surface area contributed by atoms with E-state index in [4.69, 9.17) is 4.74 Å². The number of halogens is 1. The summed E-state index contributed by atoms with van der Waals surface area (Å²) in [6.07, 6.45) is 3.33. The monoisotopic (exact) mass is 387 g/mol. The second kappa shape index (κ2) is 7.91. The van der Waals surface area contributed by atoms with Crippen LogP contribution in [-0.2, 0) is 18.3 Å². The zero-order valence-electron chi connectivity index (χ0n) is 16.0. The van der Waals surface area contributed by atoms with Gasteiger partial charge in [-0.3, -0.25) is 9.48 Å². The average molecular weight is 387 g/mol. The van der Waals surface area contributed by atoms with Gasteiger partial charge in [0, 0.05) is 38.4 Å². The van der Waals surface area contributed by atoms with Crippen molar-refractivity contribution in [2.24, 2.45) is 18.9 Å². The number of rotatable bonds is 5. The lowest BCUT2D eigenvalue weighted by molar-refractivity contribution is -0.130. The van der Waals surface area contributed by atoms with Crippen molar-refractivity contribution in [3.05, 3.63) is 48.0 Å². The number of amides is 1. The molecule has 4 rings (SSSR count). The van der Waals surface area contributed by atoms with Gasteiger partial charge in [-0.25, -0.2) is 4.39 Å². The van der Waals surface area contributed by atoms with Gasteiger partial charge >= 0.3 is 0 Å². The smallest absolute Gasteiger partial charge is 0.222 e. The first kappa shape index (κ1) is 18.9. The summed E-state index contributed by atoms with van der Waals surface area (Å²) in [5.41, 5.74) is 1.05. The van der Waals surface area contributed by atoms with Gasteiger partial charge in [0.25, 0.3) is 0 Å². The number of aliphatic hydroxyl groups is 1. The summed E-state index contributed by atoms with van der Waals surface area (Å²) in [4.78, 5) is 14.6. The highest BCUT2D eigenvalue weighted by atomic mass is 19.1. The molecule has 2 aromatic rings. The average Bonchev–Trinajstić information content (AvgIpc) is 3.27. The third-order valence-corrected chi connectivity index (χ3v) is 6.06. The minimum absolute atomic E-state index is 0.154. The van der Waals surface area contributed by atoms with Crippen molar-refractivity contribution in [2.75, 3.05) is 13.1 Å². The number of ether oxygens (including phenoxy) is 1. The Labute approximate surface area is 163 Å². The molecule has 1 saturated heterocycles. The molecule has 0 bridgehead atoms. The van der Waals surface area contributed by atoms with Gasteiger partial charge in [0.1, 0.15) is 17.7 Å². The first-order chi connectivity index (χ1) is 13.5. The highest BCUT2D eigenvalue weighted by Gasteiger charge is 2.43. The van der Waals surface area contributed by atoms with Crippen molar-refractivity contribution in [2.45, 2.75) is 37.9 Å². The van der Waals surface area contributed by atoms with Crippen molar-refractivity contribution in [3.8, 4) is 5.75 Å². The minimum atomic E-state index is -0.573. The maximum atomic E-state index is 13.1. The summed E-state index contributed by atoms with van der Waals surface area (Å²) >= 11 is 0. The molecule has 2 heterocycles. The molecule has 2 aliphatic rings. The molecule has 4 atom stereocenters. The van der Waals surface area contributed by atoms with E-state index in [2.05, 4.69) is 5.10 Å². The first-order valence-electron chi connectivity index (χ1n) is 9.84. The Kier molecular flexibility index (Phi) is 5.35. The molecule has 2 fully saturated rings. The number of carbonyl (C=O) groups is 1. The molecule has 1 aliphatic carbocycles. The predicted octanol–water partition coefficient (Wildman–Crippen LogP) is 2.17. The Morgan fingerprint density at radius 3 is 2.61 bits per heavy atom. The molecule has 1 amide bonds. The number of aliphatic hydroxyl groups excluding tert-OH is 1. The number of aryl methyl sites for hydroxylation is 2. The molecule has 0 spiro atoms. The fourth-order valence-electron chi connectivity index (χ4n) is 4.45. The standard InChI is InChI=1S/C21H26FN3O3/c1-24-17(8-9-23-24)4-7-21(27)25-12-14-10-19(26)20(11-15(14)13-25)28-18-5-2-16(22)3-6-18/h2-3,5-6,8-9,14-15,19-20,26H,4,7,10-13H2,1H3/t14-,15+,19+,20+/m0/s1. The number of fused-ring (bicyclic) bond motifs is 1. The second-order valence-electron chi connectivity index (χ2n) is 7.91. The van der Waals surface area contributed by atoms with Crippen LogP contribution < -0.4 is 4.74 Å². The zero-order chi connectivity index (χ0) is 19.7. The number of hydrogen-bond donors (Lipinski definition) is 1. The SMILES string of the molecule is Cn1nccc1CCC(=O)N1C[C@H]2C[C@@H](Oc3ccc(F)cc3)[C@H](O)C[C@H]2C1. The van der Waals surface area contributed by atoms with Gasteiger partial charge < -0.3 is 14.7 Å². The molecule has 1 N–H and O–H groups in total. The van der Waals surface area contributed by atoms with E-state index in [0.717, 1.165) is 5.69 Å². The Hall–Kier alpha value is -2.41. The third-order valence-electron chi connectivity index (χ3n) is 6.06. The van der Waals surface area contributed by atoms with Gasteiger partial charge in [0.05, 0.1) is 6.10 Å². The first-order valence-corrected chi connectivity index (χ1v) is 9.84. The lowest BCUT2D eigenvalue weighted by Crippen LogP contribution is -2.42. The molecule has 1 aromatic carbocycles. The van der Waals surface area contributed by atoms with Crippen molar-refractivity contribution in [3.63, 3.8) is 0 Å². The van der Waals surface area contributed by atoms with E-state index in [1.807, 2.05) is 18.0 Å². The van der Waals surface area contributed by atoms with E-state index >= 15 is 0 Å².